The van der Waals surface area contributed by atoms with Crippen LogP contribution in [0, 0.1) is 11.8 Å². The van der Waals surface area contributed by atoms with Crippen molar-refractivity contribution in [2.24, 2.45) is 11.8 Å². The molecule has 0 N–H and O–H groups in total. The highest BCUT2D eigenvalue weighted by atomic mass is 31.2. The lowest BCUT2D eigenvalue weighted by atomic mass is 9.77. The first-order chi connectivity index (χ1) is 16.5. The Kier molecular flexibility index (Phi) is 7.33. The van der Waals surface area contributed by atoms with Gasteiger partial charge >= 0.3 is 7.52 Å². The average molecular weight is 474 g/mol. The van der Waals surface area contributed by atoms with Crippen LogP contribution in [0.2, 0.25) is 0 Å². The Morgan fingerprint density at radius 1 is 0.912 bits per heavy atom. The predicted octanol–water partition coefficient (Wildman–Crippen LogP) is 6.88. The van der Waals surface area contributed by atoms with Crippen LogP contribution < -0.4 is 0 Å². The molecule has 0 amide bonds. The van der Waals surface area contributed by atoms with Gasteiger partial charge in [-0.3, -0.25) is 9.36 Å². The molecule has 3 aromatic carbocycles. The van der Waals surface area contributed by atoms with Gasteiger partial charge in [0.1, 0.15) is 5.54 Å². The fourth-order valence-corrected chi connectivity index (χ4v) is 7.60. The molecular formula is C29H32NO3P. The number of carbonyl (C=O) groups excluding carboxylic acids is 1. The number of allylic oxidation sites excluding steroid dienone is 1. The zero-order valence-electron chi connectivity index (χ0n) is 19.8. The van der Waals surface area contributed by atoms with E-state index in [1.165, 1.54) is 0 Å². The summed E-state index contributed by atoms with van der Waals surface area (Å²) >= 11 is 0. The lowest BCUT2D eigenvalue weighted by molar-refractivity contribution is -0.117. The van der Waals surface area contributed by atoms with Crippen molar-refractivity contribution < 1.29 is 13.9 Å². The maximum absolute atomic E-state index is 14.8. The van der Waals surface area contributed by atoms with E-state index in [2.05, 4.69) is 6.58 Å². The van der Waals surface area contributed by atoms with Crippen molar-refractivity contribution in [3.63, 3.8) is 0 Å². The SMILES string of the molecule is C=C[C@@H](C)[C@@H](C)C(=O)[P@@]1(=O)OCCCN1C(c1ccccc1)(c1ccccc1)c1ccccc1. The summed E-state index contributed by atoms with van der Waals surface area (Å²) < 4.78 is 22.7. The second kappa shape index (κ2) is 10.2. The molecule has 0 bridgehead atoms. The van der Waals surface area contributed by atoms with Gasteiger partial charge in [0.15, 0.2) is 0 Å². The van der Waals surface area contributed by atoms with Gasteiger partial charge in [0.2, 0.25) is 5.52 Å². The number of carbonyl (C=O) groups is 1. The molecule has 1 aliphatic rings. The molecule has 34 heavy (non-hydrogen) atoms. The Balaban J connectivity index is 2.04. The minimum atomic E-state index is -3.91. The quantitative estimate of drug-likeness (QED) is 0.203. The maximum Gasteiger partial charge on any atom is 0.339 e. The highest BCUT2D eigenvalue weighted by Gasteiger charge is 2.55. The van der Waals surface area contributed by atoms with E-state index in [1.807, 2.05) is 110 Å². The van der Waals surface area contributed by atoms with Gasteiger partial charge in [0.25, 0.3) is 0 Å². The van der Waals surface area contributed by atoms with Crippen LogP contribution in [0.4, 0.5) is 0 Å². The Hall–Kier alpha value is -2.78. The summed E-state index contributed by atoms with van der Waals surface area (Å²) in [5.41, 5.74) is 1.50. The molecule has 0 unspecified atom stereocenters. The van der Waals surface area contributed by atoms with Gasteiger partial charge in [0, 0.05) is 12.5 Å². The van der Waals surface area contributed by atoms with E-state index in [0.29, 0.717) is 19.6 Å². The molecule has 1 fully saturated rings. The molecule has 0 aromatic heterocycles. The highest BCUT2D eigenvalue weighted by molar-refractivity contribution is 7.74. The van der Waals surface area contributed by atoms with Crippen molar-refractivity contribution in [3.8, 4) is 0 Å². The first-order valence-corrected chi connectivity index (χ1v) is 13.4. The highest BCUT2D eigenvalue weighted by Crippen LogP contribution is 2.63. The third-order valence-corrected chi connectivity index (χ3v) is 9.52. The molecule has 1 heterocycles. The molecule has 176 valence electrons. The standard InChI is InChI=1S/C29H32NO3P/c1-4-23(2)24(3)28(31)34(32)30(21-14-22-33-34)29(25-15-8-5-9-16-25,26-17-10-6-11-18-26)27-19-12-7-13-20-27/h4-13,15-20,23-24H,1,14,21-22H2,2-3H3/t23-,24-,34-/m1/s1. The van der Waals surface area contributed by atoms with E-state index in [-0.39, 0.29) is 11.4 Å². The van der Waals surface area contributed by atoms with Crippen molar-refractivity contribution in [1.82, 2.24) is 4.67 Å². The minimum Gasteiger partial charge on any atom is -0.312 e. The van der Waals surface area contributed by atoms with Gasteiger partial charge in [-0.2, -0.15) is 0 Å². The summed E-state index contributed by atoms with van der Waals surface area (Å²) in [6.07, 6.45) is 2.42. The van der Waals surface area contributed by atoms with Gasteiger partial charge in [-0.1, -0.05) is 111 Å². The van der Waals surface area contributed by atoms with Gasteiger partial charge < -0.3 is 4.52 Å². The van der Waals surface area contributed by atoms with Crippen LogP contribution in [0.5, 0.6) is 0 Å². The molecule has 0 saturated carbocycles. The van der Waals surface area contributed by atoms with Crippen LogP contribution in [0.1, 0.15) is 37.0 Å². The number of rotatable bonds is 8. The topological polar surface area (TPSA) is 46.6 Å². The lowest BCUT2D eigenvalue weighted by Gasteiger charge is -2.49. The zero-order valence-corrected chi connectivity index (χ0v) is 20.7. The molecule has 0 aliphatic carbocycles. The molecule has 3 aromatic rings. The van der Waals surface area contributed by atoms with Crippen LogP contribution in [0.15, 0.2) is 104 Å². The second-order valence-corrected chi connectivity index (χ2v) is 11.1. The molecule has 0 spiro atoms. The molecule has 5 heteroatoms. The number of benzene rings is 3. The first-order valence-electron chi connectivity index (χ1n) is 11.8. The second-order valence-electron chi connectivity index (χ2n) is 8.86. The molecule has 1 saturated heterocycles. The van der Waals surface area contributed by atoms with Gasteiger partial charge in [-0.25, -0.2) is 4.67 Å². The van der Waals surface area contributed by atoms with Crippen LogP contribution in [-0.2, 0) is 19.4 Å². The Morgan fingerprint density at radius 2 is 1.35 bits per heavy atom. The van der Waals surface area contributed by atoms with Crippen molar-refractivity contribution in [2.45, 2.75) is 25.8 Å². The molecule has 0 radical (unpaired) electrons. The van der Waals surface area contributed by atoms with E-state index in [4.69, 9.17) is 4.52 Å². The van der Waals surface area contributed by atoms with Crippen molar-refractivity contribution in [3.05, 3.63) is 120 Å². The first kappa shape index (κ1) is 24.3. The Labute approximate surface area is 202 Å². The van der Waals surface area contributed by atoms with Crippen LogP contribution in [-0.4, -0.2) is 23.3 Å². The normalized spacial score (nSPS) is 20.9. The van der Waals surface area contributed by atoms with E-state index in [1.54, 1.807) is 6.08 Å². The third kappa shape index (κ3) is 4.11. The fraction of sp³-hybridized carbons (Fsp3) is 0.276. The number of hydrogen-bond acceptors (Lipinski definition) is 3. The van der Waals surface area contributed by atoms with Crippen LogP contribution in [0.25, 0.3) is 0 Å². The smallest absolute Gasteiger partial charge is 0.312 e. The summed E-state index contributed by atoms with van der Waals surface area (Å²) in [6, 6.07) is 30.0. The lowest BCUT2D eigenvalue weighted by Crippen LogP contribution is -2.50. The van der Waals surface area contributed by atoms with Crippen molar-refractivity contribution >= 4 is 13.0 Å². The van der Waals surface area contributed by atoms with E-state index < -0.39 is 19.0 Å². The van der Waals surface area contributed by atoms with E-state index >= 15 is 0 Å². The average Bonchev–Trinajstić information content (AvgIpc) is 2.90. The minimum absolute atomic E-state index is 0.120. The number of hydrogen-bond donors (Lipinski definition) is 0. The molecular weight excluding hydrogens is 441 g/mol. The summed E-state index contributed by atoms with van der Waals surface area (Å²) in [5, 5.41) is 0. The third-order valence-electron chi connectivity index (χ3n) is 6.89. The van der Waals surface area contributed by atoms with E-state index in [9.17, 15) is 9.36 Å². The molecule has 4 rings (SSSR count). The summed E-state index contributed by atoms with van der Waals surface area (Å²) in [7, 11) is -3.91. The Bertz CT molecular complexity index is 1070. The summed E-state index contributed by atoms with van der Waals surface area (Å²) in [5.74, 6) is -0.603. The summed E-state index contributed by atoms with van der Waals surface area (Å²) in [4.78, 5) is 13.9. The monoisotopic (exact) mass is 473 g/mol. The molecule has 1 aliphatic heterocycles. The number of nitrogens with zero attached hydrogens (tertiary/aromatic N) is 1. The maximum atomic E-state index is 14.8. The summed E-state index contributed by atoms with van der Waals surface area (Å²) in [6.45, 7) is 8.35. The predicted molar refractivity (Wildman–Crippen MR) is 138 cm³/mol. The Morgan fingerprint density at radius 3 is 1.76 bits per heavy atom. The van der Waals surface area contributed by atoms with Crippen LogP contribution in [0.3, 0.4) is 0 Å². The molecule has 3 atom stereocenters. The van der Waals surface area contributed by atoms with Crippen molar-refractivity contribution in [1.29, 1.82) is 0 Å². The van der Waals surface area contributed by atoms with Gasteiger partial charge in [-0.15, -0.1) is 6.58 Å². The zero-order chi connectivity index (χ0) is 24.2. The van der Waals surface area contributed by atoms with E-state index in [0.717, 1.165) is 16.7 Å². The largest absolute Gasteiger partial charge is 0.339 e. The van der Waals surface area contributed by atoms with Gasteiger partial charge in [-0.05, 0) is 29.0 Å². The van der Waals surface area contributed by atoms with Crippen molar-refractivity contribution in [2.75, 3.05) is 13.2 Å². The molecule has 4 nitrogen and oxygen atoms in total. The fourth-order valence-electron chi connectivity index (χ4n) is 4.82. The van der Waals surface area contributed by atoms with Gasteiger partial charge in [0.05, 0.1) is 6.61 Å². The van der Waals surface area contributed by atoms with Crippen LogP contribution >= 0.6 is 7.52 Å².